The molecule has 1 nitrogen and oxygen atoms in total. The molecule has 1 heteroatoms. The molecule has 0 heterocycles. The lowest BCUT2D eigenvalue weighted by Crippen LogP contribution is -1.79. The van der Waals surface area contributed by atoms with Crippen LogP contribution in [0.2, 0.25) is 0 Å². The van der Waals surface area contributed by atoms with Crippen molar-refractivity contribution in [1.82, 2.24) is 0 Å². The highest BCUT2D eigenvalue weighted by Gasteiger charge is 1.96. The van der Waals surface area contributed by atoms with Crippen LogP contribution in [0.3, 0.4) is 0 Å². The van der Waals surface area contributed by atoms with Crippen molar-refractivity contribution in [3.8, 4) is 0 Å². The van der Waals surface area contributed by atoms with Crippen LogP contribution < -0.4 is 0 Å². The Bertz CT molecular complexity index is 466. The van der Waals surface area contributed by atoms with Gasteiger partial charge in [0, 0.05) is 5.56 Å². The van der Waals surface area contributed by atoms with Crippen molar-refractivity contribution in [2.45, 2.75) is 6.54 Å². The summed E-state index contributed by atoms with van der Waals surface area (Å²) in [4.78, 5) is 3.36. The fourth-order valence-corrected chi connectivity index (χ4v) is 1.43. The highest BCUT2D eigenvalue weighted by Crippen LogP contribution is 2.15. The summed E-state index contributed by atoms with van der Waals surface area (Å²) in [6.07, 6.45) is 0. The Morgan fingerprint density at radius 3 is 2.54 bits per heavy atom. The van der Waals surface area contributed by atoms with Crippen molar-refractivity contribution in [2.24, 2.45) is 0 Å². The number of hydrogen-bond acceptors (Lipinski definition) is 0. The van der Waals surface area contributed by atoms with Gasteiger partial charge in [-0.25, -0.2) is 6.57 Å². The Morgan fingerprint density at radius 1 is 1.00 bits per heavy atom. The lowest BCUT2D eigenvalue weighted by atomic mass is 10.1. The average Bonchev–Trinajstić information content (AvgIpc) is 2.18. The van der Waals surface area contributed by atoms with Crippen molar-refractivity contribution in [3.05, 3.63) is 59.4 Å². The first kappa shape index (κ1) is 7.82. The summed E-state index contributed by atoms with van der Waals surface area (Å²) >= 11 is 0. The molecule has 0 spiro atoms. The maximum atomic E-state index is 6.77. The minimum atomic E-state index is 0.477. The second-order valence-corrected chi connectivity index (χ2v) is 3.00. The molecule has 2 aromatic carbocycles. The molecule has 0 saturated heterocycles. The van der Waals surface area contributed by atoms with Gasteiger partial charge >= 0.3 is 0 Å². The first-order chi connectivity index (χ1) is 6.40. The second-order valence-electron chi connectivity index (χ2n) is 3.00. The molecule has 0 aliphatic heterocycles. The maximum absolute atomic E-state index is 6.77. The minimum absolute atomic E-state index is 0.477. The van der Waals surface area contributed by atoms with E-state index >= 15 is 0 Å². The summed E-state index contributed by atoms with van der Waals surface area (Å²) in [5, 5.41) is 2.44. The Morgan fingerprint density at radius 2 is 1.77 bits per heavy atom. The molecule has 0 aromatic heterocycles. The highest BCUT2D eigenvalue weighted by atomic mass is 14.6. The van der Waals surface area contributed by atoms with Gasteiger partial charge in [-0.05, 0) is 16.8 Å². The third kappa shape index (κ3) is 1.52. The molecule has 13 heavy (non-hydrogen) atoms. The van der Waals surface area contributed by atoms with Crippen LogP contribution in [0.1, 0.15) is 5.56 Å². The lowest BCUT2D eigenvalue weighted by molar-refractivity contribution is 1.28. The van der Waals surface area contributed by atoms with E-state index in [1.54, 1.807) is 0 Å². The van der Waals surface area contributed by atoms with Crippen molar-refractivity contribution in [3.63, 3.8) is 0 Å². The molecule has 0 aliphatic rings. The predicted molar refractivity (Wildman–Crippen MR) is 54.3 cm³/mol. The number of rotatable bonds is 1. The van der Waals surface area contributed by atoms with E-state index in [4.69, 9.17) is 6.57 Å². The van der Waals surface area contributed by atoms with Crippen LogP contribution in [-0.4, -0.2) is 0 Å². The van der Waals surface area contributed by atoms with Crippen molar-refractivity contribution in [1.29, 1.82) is 0 Å². The third-order valence-corrected chi connectivity index (χ3v) is 2.08. The van der Waals surface area contributed by atoms with E-state index in [0.29, 0.717) is 6.54 Å². The van der Waals surface area contributed by atoms with Crippen LogP contribution in [0.4, 0.5) is 0 Å². The van der Waals surface area contributed by atoms with E-state index in [1.165, 1.54) is 10.8 Å². The van der Waals surface area contributed by atoms with Gasteiger partial charge in [-0.1, -0.05) is 36.4 Å². The summed E-state index contributed by atoms with van der Waals surface area (Å²) in [5.41, 5.74) is 1.09. The molecule has 0 aliphatic carbocycles. The molecule has 0 amide bonds. The summed E-state index contributed by atoms with van der Waals surface area (Å²) in [5.74, 6) is 0. The smallest absolute Gasteiger partial charge is 0.239 e. The summed E-state index contributed by atoms with van der Waals surface area (Å²) < 4.78 is 0. The first-order valence-electron chi connectivity index (χ1n) is 4.21. The van der Waals surface area contributed by atoms with Crippen LogP contribution in [-0.2, 0) is 6.54 Å². The van der Waals surface area contributed by atoms with E-state index in [-0.39, 0.29) is 0 Å². The van der Waals surface area contributed by atoms with Gasteiger partial charge in [0.2, 0.25) is 6.54 Å². The van der Waals surface area contributed by atoms with Crippen LogP contribution in [0.15, 0.2) is 42.5 Å². The highest BCUT2D eigenvalue weighted by molar-refractivity contribution is 5.82. The molecule has 2 rings (SSSR count). The Hall–Kier alpha value is -1.81. The number of benzene rings is 2. The molecular weight excluding hydrogens is 158 g/mol. The third-order valence-electron chi connectivity index (χ3n) is 2.08. The molecule has 0 bridgehead atoms. The van der Waals surface area contributed by atoms with Crippen molar-refractivity contribution in [2.75, 3.05) is 0 Å². The molecule has 0 saturated carbocycles. The van der Waals surface area contributed by atoms with Gasteiger partial charge in [0.1, 0.15) is 0 Å². The largest absolute Gasteiger partial charge is 0.312 e. The van der Waals surface area contributed by atoms with Gasteiger partial charge < -0.3 is 4.85 Å². The van der Waals surface area contributed by atoms with Gasteiger partial charge in [-0.3, -0.25) is 0 Å². The topological polar surface area (TPSA) is 4.36 Å². The summed E-state index contributed by atoms with van der Waals surface area (Å²) in [6, 6.07) is 14.4. The number of fused-ring (bicyclic) bond motifs is 1. The van der Waals surface area contributed by atoms with Crippen molar-refractivity contribution < 1.29 is 0 Å². The van der Waals surface area contributed by atoms with E-state index in [0.717, 1.165) is 5.56 Å². The van der Waals surface area contributed by atoms with E-state index in [9.17, 15) is 0 Å². The minimum Gasteiger partial charge on any atom is -0.312 e. The van der Waals surface area contributed by atoms with Gasteiger partial charge in [0.05, 0.1) is 0 Å². The Kier molecular flexibility index (Phi) is 1.97. The Balaban J connectivity index is 2.57. The van der Waals surface area contributed by atoms with Crippen LogP contribution in [0, 0.1) is 6.57 Å². The van der Waals surface area contributed by atoms with Crippen LogP contribution >= 0.6 is 0 Å². The normalized spacial score (nSPS) is 9.77. The predicted octanol–water partition coefficient (Wildman–Crippen LogP) is 3.26. The first-order valence-corrected chi connectivity index (χ1v) is 4.21. The molecule has 0 unspecified atom stereocenters. The van der Waals surface area contributed by atoms with Gasteiger partial charge in [0.25, 0.3) is 0 Å². The molecule has 0 N–H and O–H groups in total. The van der Waals surface area contributed by atoms with Crippen LogP contribution in [0.5, 0.6) is 0 Å². The number of nitrogens with zero attached hydrogens (tertiary/aromatic N) is 1. The lowest BCUT2D eigenvalue weighted by Gasteiger charge is -1.97. The Labute approximate surface area is 77.4 Å². The monoisotopic (exact) mass is 167 g/mol. The molecular formula is C12H9N. The summed E-state index contributed by atoms with van der Waals surface area (Å²) in [6.45, 7) is 7.25. The zero-order chi connectivity index (χ0) is 9.10. The molecule has 2 aromatic rings. The molecule has 0 atom stereocenters. The van der Waals surface area contributed by atoms with Crippen LogP contribution in [0.25, 0.3) is 15.6 Å². The maximum Gasteiger partial charge on any atom is 0.239 e. The van der Waals surface area contributed by atoms with E-state index < -0.39 is 0 Å². The SMILES string of the molecule is [C-]#[N+]Cc1ccc2ccccc2c1. The standard InChI is InChI=1S/C12H9N/c1-13-9-10-6-7-11-4-2-3-5-12(11)8-10/h2-8H,9H2. The fraction of sp³-hybridized carbons (Fsp3) is 0.0833. The quantitative estimate of drug-likeness (QED) is 0.574. The number of hydrogen-bond donors (Lipinski definition) is 0. The van der Waals surface area contributed by atoms with Gasteiger partial charge in [0.15, 0.2) is 0 Å². The van der Waals surface area contributed by atoms with Gasteiger partial charge in [-0.2, -0.15) is 0 Å². The zero-order valence-electron chi connectivity index (χ0n) is 7.20. The summed E-state index contributed by atoms with van der Waals surface area (Å²) in [7, 11) is 0. The molecule has 0 fully saturated rings. The zero-order valence-corrected chi connectivity index (χ0v) is 7.20. The van der Waals surface area contributed by atoms with Crippen molar-refractivity contribution >= 4 is 10.8 Å². The fourth-order valence-electron chi connectivity index (χ4n) is 1.43. The van der Waals surface area contributed by atoms with E-state index in [1.807, 2.05) is 18.2 Å². The van der Waals surface area contributed by atoms with Gasteiger partial charge in [-0.15, -0.1) is 0 Å². The van der Waals surface area contributed by atoms with E-state index in [2.05, 4.69) is 29.1 Å². The second kappa shape index (κ2) is 3.28. The molecule has 62 valence electrons. The molecule has 0 radical (unpaired) electrons. The average molecular weight is 167 g/mol.